The van der Waals surface area contributed by atoms with Gasteiger partial charge in [0.1, 0.15) is 18.0 Å². The summed E-state index contributed by atoms with van der Waals surface area (Å²) in [6.07, 6.45) is 0.202. The van der Waals surface area contributed by atoms with Gasteiger partial charge in [0, 0.05) is 5.56 Å². The van der Waals surface area contributed by atoms with Gasteiger partial charge in [0.05, 0.1) is 13.0 Å². The molecule has 1 amide bonds. The summed E-state index contributed by atoms with van der Waals surface area (Å²) in [6.45, 7) is 3.22. The molecule has 1 aliphatic heterocycles. The minimum atomic E-state index is -0.357. The molecule has 4 heteroatoms. The second-order valence-electron chi connectivity index (χ2n) is 4.28. The zero-order valence-electron chi connectivity index (χ0n) is 9.23. The molecule has 86 valence electrons. The molecular formula is C12H15NO3. The average Bonchev–Trinajstić information content (AvgIpc) is 2.95. The third-order valence-electron chi connectivity index (χ3n) is 2.51. The SMILES string of the molecule is CC1(COc2ccccc2CC(N)=O)CO1. The van der Waals surface area contributed by atoms with E-state index in [1.165, 1.54) is 0 Å². The van der Waals surface area contributed by atoms with Crippen LogP contribution in [-0.2, 0) is 16.0 Å². The van der Waals surface area contributed by atoms with Gasteiger partial charge in [-0.2, -0.15) is 0 Å². The van der Waals surface area contributed by atoms with Gasteiger partial charge in [-0.05, 0) is 13.0 Å². The van der Waals surface area contributed by atoms with Crippen LogP contribution in [0, 0.1) is 0 Å². The largest absolute Gasteiger partial charge is 0.490 e. The van der Waals surface area contributed by atoms with E-state index in [1.807, 2.05) is 31.2 Å². The Balaban J connectivity index is 2.03. The van der Waals surface area contributed by atoms with Gasteiger partial charge in [-0.25, -0.2) is 0 Å². The Labute approximate surface area is 94.3 Å². The summed E-state index contributed by atoms with van der Waals surface area (Å²) >= 11 is 0. The molecule has 0 saturated carbocycles. The van der Waals surface area contributed by atoms with Crippen molar-refractivity contribution < 1.29 is 14.3 Å². The number of hydrogen-bond donors (Lipinski definition) is 1. The third kappa shape index (κ3) is 2.73. The fourth-order valence-electron chi connectivity index (χ4n) is 1.42. The number of ether oxygens (including phenoxy) is 2. The number of para-hydroxylation sites is 1. The number of nitrogens with two attached hydrogens (primary N) is 1. The molecule has 1 fully saturated rings. The van der Waals surface area contributed by atoms with Crippen LogP contribution >= 0.6 is 0 Å². The molecule has 1 atom stereocenters. The van der Waals surface area contributed by atoms with Crippen LogP contribution in [0.25, 0.3) is 0 Å². The van der Waals surface area contributed by atoms with E-state index in [4.69, 9.17) is 15.2 Å². The van der Waals surface area contributed by atoms with E-state index in [1.54, 1.807) is 0 Å². The number of carbonyl (C=O) groups excluding carboxylic acids is 1. The first kappa shape index (κ1) is 11.0. The summed E-state index contributed by atoms with van der Waals surface area (Å²) in [5.41, 5.74) is 5.83. The van der Waals surface area contributed by atoms with Crippen LogP contribution in [0.1, 0.15) is 12.5 Å². The van der Waals surface area contributed by atoms with E-state index < -0.39 is 0 Å². The summed E-state index contributed by atoms with van der Waals surface area (Å²) in [4.78, 5) is 10.9. The van der Waals surface area contributed by atoms with E-state index in [0.717, 1.165) is 12.2 Å². The lowest BCUT2D eigenvalue weighted by Gasteiger charge is -2.12. The molecule has 1 unspecified atom stereocenters. The van der Waals surface area contributed by atoms with Crippen LogP contribution < -0.4 is 10.5 Å². The molecule has 4 nitrogen and oxygen atoms in total. The summed E-state index contributed by atoms with van der Waals surface area (Å²) in [6, 6.07) is 7.41. The van der Waals surface area contributed by atoms with E-state index in [-0.39, 0.29) is 17.9 Å². The molecule has 0 aliphatic carbocycles. The van der Waals surface area contributed by atoms with E-state index in [2.05, 4.69) is 0 Å². The molecule has 1 saturated heterocycles. The maximum atomic E-state index is 10.9. The van der Waals surface area contributed by atoms with Gasteiger partial charge < -0.3 is 15.2 Å². The molecule has 1 aliphatic rings. The molecule has 0 bridgehead atoms. The Bertz CT molecular complexity index is 399. The van der Waals surface area contributed by atoms with Gasteiger partial charge in [-0.1, -0.05) is 18.2 Å². The van der Waals surface area contributed by atoms with Gasteiger partial charge >= 0.3 is 0 Å². The second-order valence-corrected chi connectivity index (χ2v) is 4.28. The normalized spacial score (nSPS) is 22.8. The first-order chi connectivity index (χ1) is 7.59. The van der Waals surface area contributed by atoms with Crippen molar-refractivity contribution >= 4 is 5.91 Å². The van der Waals surface area contributed by atoms with Crippen molar-refractivity contribution in [1.29, 1.82) is 0 Å². The first-order valence-corrected chi connectivity index (χ1v) is 5.22. The lowest BCUT2D eigenvalue weighted by atomic mass is 10.1. The van der Waals surface area contributed by atoms with Crippen molar-refractivity contribution in [2.75, 3.05) is 13.2 Å². The number of amides is 1. The number of hydrogen-bond acceptors (Lipinski definition) is 3. The molecule has 2 rings (SSSR count). The standard InChI is InChI=1S/C12H15NO3/c1-12(8-16-12)7-15-10-5-3-2-4-9(10)6-11(13)14/h2-5H,6-8H2,1H3,(H2,13,14). The van der Waals surface area contributed by atoms with Crippen LogP contribution in [0.3, 0.4) is 0 Å². The molecule has 1 heterocycles. The van der Waals surface area contributed by atoms with Crippen LogP contribution in [0.15, 0.2) is 24.3 Å². The topological polar surface area (TPSA) is 64.8 Å². The monoisotopic (exact) mass is 221 g/mol. The zero-order chi connectivity index (χ0) is 11.6. The minimum Gasteiger partial charge on any atom is -0.490 e. The van der Waals surface area contributed by atoms with Crippen molar-refractivity contribution in [3.8, 4) is 5.75 Å². The molecule has 0 spiro atoms. The summed E-state index contributed by atoms with van der Waals surface area (Å²) < 4.78 is 10.9. The summed E-state index contributed by atoms with van der Waals surface area (Å²) in [5, 5.41) is 0. The predicted molar refractivity (Wildman–Crippen MR) is 59.2 cm³/mol. The highest BCUT2D eigenvalue weighted by atomic mass is 16.6. The predicted octanol–water partition coefficient (Wildman–Crippen LogP) is 0.882. The number of benzene rings is 1. The number of primary amides is 1. The molecule has 1 aromatic rings. The van der Waals surface area contributed by atoms with E-state index >= 15 is 0 Å². The molecule has 1 aromatic carbocycles. The Morgan fingerprint density at radius 1 is 1.56 bits per heavy atom. The highest BCUT2D eigenvalue weighted by Crippen LogP contribution is 2.28. The highest BCUT2D eigenvalue weighted by molar-refractivity contribution is 5.77. The van der Waals surface area contributed by atoms with Gasteiger partial charge in [0.2, 0.25) is 5.91 Å². The summed E-state index contributed by atoms with van der Waals surface area (Å²) in [7, 11) is 0. The number of epoxide rings is 1. The van der Waals surface area contributed by atoms with Crippen molar-refractivity contribution in [2.24, 2.45) is 5.73 Å². The quantitative estimate of drug-likeness (QED) is 0.751. The van der Waals surface area contributed by atoms with Crippen molar-refractivity contribution in [3.05, 3.63) is 29.8 Å². The van der Waals surface area contributed by atoms with Crippen molar-refractivity contribution in [1.82, 2.24) is 0 Å². The Morgan fingerprint density at radius 2 is 2.25 bits per heavy atom. The van der Waals surface area contributed by atoms with Gasteiger partial charge in [0.25, 0.3) is 0 Å². The van der Waals surface area contributed by atoms with Gasteiger partial charge in [-0.3, -0.25) is 4.79 Å². The maximum absolute atomic E-state index is 10.9. The lowest BCUT2D eigenvalue weighted by molar-refractivity contribution is -0.117. The average molecular weight is 221 g/mol. The minimum absolute atomic E-state index is 0.153. The van der Waals surface area contributed by atoms with E-state index in [9.17, 15) is 4.79 Å². The molecule has 0 aromatic heterocycles. The Hall–Kier alpha value is -1.55. The molecule has 16 heavy (non-hydrogen) atoms. The maximum Gasteiger partial charge on any atom is 0.221 e. The molecule has 2 N–H and O–H groups in total. The fourth-order valence-corrected chi connectivity index (χ4v) is 1.42. The van der Waals surface area contributed by atoms with E-state index in [0.29, 0.717) is 12.4 Å². The number of carbonyl (C=O) groups is 1. The zero-order valence-corrected chi connectivity index (χ0v) is 9.23. The van der Waals surface area contributed by atoms with Crippen LogP contribution in [0.4, 0.5) is 0 Å². The van der Waals surface area contributed by atoms with Crippen molar-refractivity contribution in [2.45, 2.75) is 18.9 Å². The molecule has 0 radical (unpaired) electrons. The highest BCUT2D eigenvalue weighted by Gasteiger charge is 2.40. The van der Waals surface area contributed by atoms with Crippen LogP contribution in [0.5, 0.6) is 5.75 Å². The Kier molecular flexibility index (Phi) is 2.83. The third-order valence-corrected chi connectivity index (χ3v) is 2.51. The van der Waals surface area contributed by atoms with Crippen LogP contribution in [0.2, 0.25) is 0 Å². The van der Waals surface area contributed by atoms with Gasteiger partial charge in [0.15, 0.2) is 0 Å². The smallest absolute Gasteiger partial charge is 0.221 e. The molecular weight excluding hydrogens is 206 g/mol. The fraction of sp³-hybridized carbons (Fsp3) is 0.417. The van der Waals surface area contributed by atoms with Crippen LogP contribution in [-0.4, -0.2) is 24.7 Å². The van der Waals surface area contributed by atoms with Crippen molar-refractivity contribution in [3.63, 3.8) is 0 Å². The lowest BCUT2D eigenvalue weighted by Crippen LogP contribution is -2.19. The second kappa shape index (κ2) is 4.14. The first-order valence-electron chi connectivity index (χ1n) is 5.22. The summed E-state index contributed by atoms with van der Waals surface area (Å²) in [5.74, 6) is 0.350. The Morgan fingerprint density at radius 3 is 2.88 bits per heavy atom. The number of rotatable bonds is 5. The van der Waals surface area contributed by atoms with Gasteiger partial charge in [-0.15, -0.1) is 0 Å².